The van der Waals surface area contributed by atoms with Crippen LogP contribution in [-0.2, 0) is 9.59 Å². The van der Waals surface area contributed by atoms with E-state index in [1.54, 1.807) is 4.90 Å². The van der Waals surface area contributed by atoms with Crippen LogP contribution in [0.15, 0.2) is 0 Å². The van der Waals surface area contributed by atoms with Gasteiger partial charge in [-0.2, -0.15) is 12.6 Å². The summed E-state index contributed by atoms with van der Waals surface area (Å²) in [5.41, 5.74) is 0. The zero-order valence-corrected chi connectivity index (χ0v) is 9.64. The van der Waals surface area contributed by atoms with Crippen molar-refractivity contribution in [2.24, 2.45) is 0 Å². The summed E-state index contributed by atoms with van der Waals surface area (Å²) in [6.45, 7) is 5.28. The van der Waals surface area contributed by atoms with Gasteiger partial charge in [-0.1, -0.05) is 0 Å². The zero-order valence-electron chi connectivity index (χ0n) is 8.75. The highest BCUT2D eigenvalue weighted by molar-refractivity contribution is 7.80. The second-order valence-electron chi connectivity index (χ2n) is 2.82. The molecule has 0 aromatic rings. The normalized spacial score (nSPS) is 9.64. The molecule has 5 heteroatoms. The quantitative estimate of drug-likeness (QED) is 0.630. The van der Waals surface area contributed by atoms with Crippen molar-refractivity contribution < 1.29 is 9.59 Å². The van der Waals surface area contributed by atoms with Gasteiger partial charge >= 0.3 is 0 Å². The molecule has 0 atom stereocenters. The lowest BCUT2D eigenvalue weighted by molar-refractivity contribution is -0.132. The largest absolute Gasteiger partial charge is 0.347 e. The van der Waals surface area contributed by atoms with Gasteiger partial charge in [-0.3, -0.25) is 9.59 Å². The molecule has 0 fully saturated rings. The van der Waals surface area contributed by atoms with E-state index in [9.17, 15) is 9.59 Å². The molecule has 0 radical (unpaired) electrons. The van der Waals surface area contributed by atoms with E-state index in [0.717, 1.165) is 0 Å². The molecular formula is C9H18N2O2S. The van der Waals surface area contributed by atoms with Crippen molar-refractivity contribution in [2.75, 3.05) is 25.4 Å². The monoisotopic (exact) mass is 218 g/mol. The summed E-state index contributed by atoms with van der Waals surface area (Å²) in [7, 11) is 0. The number of nitrogens with one attached hydrogen (secondary N) is 1. The lowest BCUT2D eigenvalue weighted by atomic mass is 10.4. The molecule has 0 unspecified atom stereocenters. The van der Waals surface area contributed by atoms with E-state index < -0.39 is 0 Å². The van der Waals surface area contributed by atoms with Crippen LogP contribution >= 0.6 is 12.6 Å². The molecular weight excluding hydrogens is 200 g/mol. The Hall–Kier alpha value is -0.710. The molecule has 0 aromatic carbocycles. The van der Waals surface area contributed by atoms with Gasteiger partial charge in [-0.05, 0) is 19.6 Å². The minimum absolute atomic E-state index is 0.0393. The van der Waals surface area contributed by atoms with E-state index in [4.69, 9.17) is 0 Å². The fourth-order valence-corrected chi connectivity index (χ4v) is 1.26. The van der Waals surface area contributed by atoms with Crippen LogP contribution in [0.2, 0.25) is 0 Å². The van der Waals surface area contributed by atoms with Crippen LogP contribution in [0, 0.1) is 0 Å². The van der Waals surface area contributed by atoms with E-state index in [-0.39, 0.29) is 18.4 Å². The minimum atomic E-state index is -0.125. The Bertz CT molecular complexity index is 193. The molecule has 0 saturated carbocycles. The van der Waals surface area contributed by atoms with Crippen molar-refractivity contribution in [3.05, 3.63) is 0 Å². The Morgan fingerprint density at radius 1 is 1.29 bits per heavy atom. The second kappa shape index (κ2) is 7.67. The van der Waals surface area contributed by atoms with Crippen LogP contribution in [0.3, 0.4) is 0 Å². The van der Waals surface area contributed by atoms with Gasteiger partial charge in [0.25, 0.3) is 0 Å². The fraction of sp³-hybridized carbons (Fsp3) is 0.778. The van der Waals surface area contributed by atoms with Crippen LogP contribution < -0.4 is 5.32 Å². The number of likely N-dealkylation sites (N-methyl/N-ethyl adjacent to an activating group) is 1. The summed E-state index contributed by atoms with van der Waals surface area (Å²) in [5.74, 6) is 0.341. The number of carbonyl (C=O) groups excluding carboxylic acids is 2. The zero-order chi connectivity index (χ0) is 11.0. The van der Waals surface area contributed by atoms with Gasteiger partial charge in [0, 0.05) is 19.5 Å². The summed E-state index contributed by atoms with van der Waals surface area (Å²) in [5, 5.41) is 2.55. The van der Waals surface area contributed by atoms with Crippen molar-refractivity contribution in [3.63, 3.8) is 0 Å². The summed E-state index contributed by atoms with van der Waals surface area (Å²) in [6, 6.07) is 0. The third-order valence-electron chi connectivity index (χ3n) is 1.89. The summed E-state index contributed by atoms with van der Waals surface area (Å²) in [6.07, 6.45) is 0.356. The maximum Gasteiger partial charge on any atom is 0.241 e. The highest BCUT2D eigenvalue weighted by atomic mass is 32.1. The van der Waals surface area contributed by atoms with Gasteiger partial charge < -0.3 is 10.2 Å². The van der Waals surface area contributed by atoms with Gasteiger partial charge in [-0.25, -0.2) is 0 Å². The predicted molar refractivity (Wildman–Crippen MR) is 59.4 cm³/mol. The first-order valence-electron chi connectivity index (χ1n) is 4.81. The van der Waals surface area contributed by atoms with Crippen LogP contribution in [0.1, 0.15) is 20.3 Å². The van der Waals surface area contributed by atoms with E-state index in [0.29, 0.717) is 25.3 Å². The number of nitrogens with zero attached hydrogens (tertiary/aromatic N) is 1. The molecule has 0 heterocycles. The number of hydrogen-bond donors (Lipinski definition) is 2. The van der Waals surface area contributed by atoms with Crippen LogP contribution in [0.4, 0.5) is 0 Å². The van der Waals surface area contributed by atoms with Crippen molar-refractivity contribution in [1.82, 2.24) is 10.2 Å². The smallest absolute Gasteiger partial charge is 0.241 e. The summed E-state index contributed by atoms with van der Waals surface area (Å²) < 4.78 is 0. The fourth-order valence-electron chi connectivity index (χ4n) is 1.05. The molecule has 0 bridgehead atoms. The molecule has 0 aliphatic rings. The molecule has 0 aliphatic carbocycles. The van der Waals surface area contributed by atoms with Crippen molar-refractivity contribution >= 4 is 24.4 Å². The topological polar surface area (TPSA) is 49.4 Å². The Kier molecular flexibility index (Phi) is 7.28. The first-order chi connectivity index (χ1) is 6.65. The Labute approximate surface area is 90.4 Å². The standard InChI is InChI=1S/C9H18N2O2S/c1-3-11(4-2)9(13)7-10-8(12)5-6-14/h14H,3-7H2,1-2H3,(H,10,12). The maximum absolute atomic E-state index is 11.4. The van der Waals surface area contributed by atoms with E-state index >= 15 is 0 Å². The lowest BCUT2D eigenvalue weighted by Crippen LogP contribution is -2.40. The molecule has 0 aliphatic heterocycles. The molecule has 0 saturated heterocycles. The number of rotatable bonds is 6. The maximum atomic E-state index is 11.4. The highest BCUT2D eigenvalue weighted by Crippen LogP contribution is 1.88. The SMILES string of the molecule is CCN(CC)C(=O)CNC(=O)CCS. The van der Waals surface area contributed by atoms with Crippen molar-refractivity contribution in [3.8, 4) is 0 Å². The van der Waals surface area contributed by atoms with Gasteiger partial charge in [0.2, 0.25) is 11.8 Å². The Balaban J connectivity index is 3.77. The summed E-state index contributed by atoms with van der Waals surface area (Å²) in [4.78, 5) is 24.1. The molecule has 2 amide bonds. The second-order valence-corrected chi connectivity index (χ2v) is 3.26. The molecule has 14 heavy (non-hydrogen) atoms. The first kappa shape index (κ1) is 13.3. The highest BCUT2D eigenvalue weighted by Gasteiger charge is 2.09. The number of thiol groups is 1. The molecule has 0 spiro atoms. The molecule has 82 valence electrons. The third kappa shape index (κ3) is 5.11. The van der Waals surface area contributed by atoms with Gasteiger partial charge in [0.1, 0.15) is 0 Å². The number of carbonyl (C=O) groups is 2. The van der Waals surface area contributed by atoms with E-state index in [1.807, 2.05) is 13.8 Å². The minimum Gasteiger partial charge on any atom is -0.347 e. The third-order valence-corrected chi connectivity index (χ3v) is 2.12. The predicted octanol–water partition coefficient (Wildman–Crippen LogP) is 0.291. The van der Waals surface area contributed by atoms with Gasteiger partial charge in [-0.15, -0.1) is 0 Å². The van der Waals surface area contributed by atoms with Crippen molar-refractivity contribution in [2.45, 2.75) is 20.3 Å². The lowest BCUT2D eigenvalue weighted by Gasteiger charge is -2.18. The molecule has 0 rings (SSSR count). The number of amides is 2. The Morgan fingerprint density at radius 3 is 2.29 bits per heavy atom. The average molecular weight is 218 g/mol. The van der Waals surface area contributed by atoms with Crippen LogP contribution in [0.25, 0.3) is 0 Å². The van der Waals surface area contributed by atoms with Crippen LogP contribution in [-0.4, -0.2) is 42.1 Å². The Morgan fingerprint density at radius 2 is 1.86 bits per heavy atom. The van der Waals surface area contributed by atoms with E-state index in [2.05, 4.69) is 17.9 Å². The first-order valence-corrected chi connectivity index (χ1v) is 5.44. The van der Waals surface area contributed by atoms with Gasteiger partial charge in [0.15, 0.2) is 0 Å². The van der Waals surface area contributed by atoms with Crippen molar-refractivity contribution in [1.29, 1.82) is 0 Å². The molecule has 4 nitrogen and oxygen atoms in total. The average Bonchev–Trinajstić information content (AvgIpc) is 2.17. The number of hydrogen-bond acceptors (Lipinski definition) is 3. The molecule has 1 N–H and O–H groups in total. The van der Waals surface area contributed by atoms with Gasteiger partial charge in [0.05, 0.1) is 6.54 Å². The van der Waals surface area contributed by atoms with E-state index in [1.165, 1.54) is 0 Å². The van der Waals surface area contributed by atoms with Crippen LogP contribution in [0.5, 0.6) is 0 Å². The molecule has 0 aromatic heterocycles. The summed E-state index contributed by atoms with van der Waals surface area (Å²) >= 11 is 3.93.